The van der Waals surface area contributed by atoms with Gasteiger partial charge in [-0.25, -0.2) is 4.57 Å². The first-order valence-corrected chi connectivity index (χ1v) is 7.55. The van der Waals surface area contributed by atoms with E-state index in [-0.39, 0.29) is 0 Å². The van der Waals surface area contributed by atoms with Crippen LogP contribution in [0.25, 0.3) is 0 Å². The Balaban J connectivity index is 3.31. The molecule has 0 saturated carbocycles. The molecular formula is C5H13O3PS2. The molecule has 1 N–H and O–H groups in total. The van der Waals surface area contributed by atoms with E-state index in [0.717, 1.165) is 22.9 Å². The third-order valence-corrected chi connectivity index (χ3v) is 5.22. The van der Waals surface area contributed by atoms with Gasteiger partial charge in [-0.2, -0.15) is 11.8 Å². The summed E-state index contributed by atoms with van der Waals surface area (Å²) in [4.78, 5) is 8.91. The topological polar surface area (TPSA) is 46.5 Å². The smallest absolute Gasteiger partial charge is 0.316 e. The fraction of sp³-hybridized carbons (Fsp3) is 1.00. The summed E-state index contributed by atoms with van der Waals surface area (Å²) >= 11 is 2.74. The molecule has 6 heteroatoms. The van der Waals surface area contributed by atoms with Crippen LogP contribution in [0.2, 0.25) is 0 Å². The Kier molecular flexibility index (Phi) is 6.87. The highest BCUT2D eigenvalue weighted by atomic mass is 32.7. The van der Waals surface area contributed by atoms with E-state index in [0.29, 0.717) is 5.75 Å². The predicted molar refractivity (Wildman–Crippen MR) is 52.3 cm³/mol. The van der Waals surface area contributed by atoms with E-state index in [2.05, 4.69) is 11.4 Å². The minimum Gasteiger partial charge on any atom is -0.316 e. The van der Waals surface area contributed by atoms with Crippen LogP contribution >= 0.6 is 29.9 Å². The van der Waals surface area contributed by atoms with Crippen molar-refractivity contribution in [2.75, 3.05) is 24.4 Å². The molecule has 1 unspecified atom stereocenters. The summed E-state index contributed by atoms with van der Waals surface area (Å²) in [6, 6.07) is 0. The van der Waals surface area contributed by atoms with Crippen LogP contribution in [0.4, 0.5) is 0 Å². The van der Waals surface area contributed by atoms with E-state index in [1.165, 1.54) is 7.11 Å². The average Bonchev–Trinajstić information content (AvgIpc) is 1.99. The molecule has 0 aliphatic rings. The fourth-order valence-corrected chi connectivity index (χ4v) is 3.48. The quantitative estimate of drug-likeness (QED) is 0.545. The van der Waals surface area contributed by atoms with Crippen molar-refractivity contribution in [3.8, 4) is 0 Å². The van der Waals surface area contributed by atoms with Gasteiger partial charge in [0.25, 0.3) is 0 Å². The molecule has 0 aromatic rings. The number of hydrogen-bond donors (Lipinski definition) is 1. The third kappa shape index (κ3) is 7.22. The summed E-state index contributed by atoms with van der Waals surface area (Å²) in [7, 11) is 1.25. The van der Waals surface area contributed by atoms with E-state index in [4.69, 9.17) is 4.89 Å². The molecular weight excluding hydrogens is 203 g/mol. The Morgan fingerprint density at radius 2 is 2.18 bits per heavy atom. The SMILES string of the molecule is CCSCCSP(=O)(O)OC. The maximum Gasteiger partial charge on any atom is 0.386 e. The summed E-state index contributed by atoms with van der Waals surface area (Å²) < 4.78 is 15.2. The third-order valence-electron chi connectivity index (χ3n) is 0.917. The minimum atomic E-state index is -3.31. The molecule has 0 spiro atoms. The number of hydrogen-bond acceptors (Lipinski definition) is 4. The highest BCUT2D eigenvalue weighted by Crippen LogP contribution is 2.54. The molecule has 0 aromatic heterocycles. The van der Waals surface area contributed by atoms with Gasteiger partial charge in [-0.05, 0) is 17.1 Å². The zero-order valence-electron chi connectivity index (χ0n) is 6.65. The largest absolute Gasteiger partial charge is 0.386 e. The first-order valence-electron chi connectivity index (χ1n) is 3.23. The van der Waals surface area contributed by atoms with Gasteiger partial charge < -0.3 is 9.42 Å². The van der Waals surface area contributed by atoms with Crippen LogP contribution < -0.4 is 0 Å². The van der Waals surface area contributed by atoms with Crippen molar-refractivity contribution in [3.63, 3.8) is 0 Å². The Labute approximate surface area is 75.6 Å². The molecule has 0 bridgehead atoms. The Morgan fingerprint density at radius 3 is 2.64 bits per heavy atom. The van der Waals surface area contributed by atoms with Crippen LogP contribution in [-0.2, 0) is 9.09 Å². The maximum absolute atomic E-state index is 10.8. The molecule has 3 nitrogen and oxygen atoms in total. The Morgan fingerprint density at radius 1 is 1.55 bits per heavy atom. The first kappa shape index (κ1) is 11.8. The molecule has 0 fully saturated rings. The van der Waals surface area contributed by atoms with E-state index in [9.17, 15) is 4.57 Å². The van der Waals surface area contributed by atoms with Crippen LogP contribution in [0.15, 0.2) is 0 Å². The van der Waals surface area contributed by atoms with Gasteiger partial charge in [0, 0.05) is 18.6 Å². The van der Waals surface area contributed by atoms with Crippen LogP contribution in [0.1, 0.15) is 6.92 Å². The van der Waals surface area contributed by atoms with Crippen molar-refractivity contribution >= 4 is 29.9 Å². The maximum atomic E-state index is 10.8. The zero-order valence-corrected chi connectivity index (χ0v) is 9.18. The molecule has 0 aromatic carbocycles. The Hall–Kier alpha value is 0.850. The standard InChI is InChI=1S/C5H13O3PS2/c1-3-10-4-5-11-9(6,7)8-2/h3-5H2,1-2H3,(H,6,7). The average molecular weight is 216 g/mol. The molecule has 0 aliphatic carbocycles. The van der Waals surface area contributed by atoms with Gasteiger partial charge in [0.15, 0.2) is 0 Å². The van der Waals surface area contributed by atoms with Gasteiger partial charge in [0.05, 0.1) is 0 Å². The van der Waals surface area contributed by atoms with Gasteiger partial charge in [0.2, 0.25) is 0 Å². The van der Waals surface area contributed by atoms with Gasteiger partial charge in [-0.1, -0.05) is 6.92 Å². The first-order chi connectivity index (χ1) is 5.12. The van der Waals surface area contributed by atoms with E-state index < -0.39 is 6.80 Å². The van der Waals surface area contributed by atoms with Crippen molar-refractivity contribution in [1.82, 2.24) is 0 Å². The molecule has 11 heavy (non-hydrogen) atoms. The second-order valence-electron chi connectivity index (χ2n) is 1.68. The summed E-state index contributed by atoms with van der Waals surface area (Å²) in [5, 5.41) is 0. The van der Waals surface area contributed by atoms with Gasteiger partial charge in [0.1, 0.15) is 0 Å². The monoisotopic (exact) mass is 216 g/mol. The van der Waals surface area contributed by atoms with Crippen molar-refractivity contribution in [3.05, 3.63) is 0 Å². The lowest BCUT2D eigenvalue weighted by atomic mass is 10.9. The van der Waals surface area contributed by atoms with Crippen LogP contribution in [0.5, 0.6) is 0 Å². The van der Waals surface area contributed by atoms with E-state index in [1.54, 1.807) is 11.8 Å². The van der Waals surface area contributed by atoms with Crippen molar-refractivity contribution in [2.45, 2.75) is 6.92 Å². The Bertz CT molecular complexity index is 142. The highest BCUT2D eigenvalue weighted by Gasteiger charge is 2.16. The van der Waals surface area contributed by atoms with E-state index in [1.807, 2.05) is 0 Å². The molecule has 0 amide bonds. The second kappa shape index (κ2) is 6.38. The summed E-state index contributed by atoms with van der Waals surface area (Å²) in [5.41, 5.74) is 0. The number of thioether (sulfide) groups is 1. The summed E-state index contributed by atoms with van der Waals surface area (Å²) in [6.45, 7) is -1.25. The molecule has 0 rings (SSSR count). The lowest BCUT2D eigenvalue weighted by Crippen LogP contribution is -1.85. The van der Waals surface area contributed by atoms with Crippen LogP contribution in [0.3, 0.4) is 0 Å². The molecule has 68 valence electrons. The molecule has 0 saturated heterocycles. The molecule has 0 heterocycles. The number of rotatable bonds is 6. The predicted octanol–water partition coefficient (Wildman–Crippen LogP) is 2.22. The van der Waals surface area contributed by atoms with E-state index >= 15 is 0 Å². The second-order valence-corrected chi connectivity index (χ2v) is 7.20. The summed E-state index contributed by atoms with van der Waals surface area (Å²) in [5.74, 6) is 2.61. The van der Waals surface area contributed by atoms with Crippen molar-refractivity contribution in [2.24, 2.45) is 0 Å². The normalized spacial score (nSPS) is 16.3. The molecule has 1 atom stereocenters. The van der Waals surface area contributed by atoms with Crippen molar-refractivity contribution < 1.29 is 14.0 Å². The summed E-state index contributed by atoms with van der Waals surface area (Å²) in [6.07, 6.45) is 0. The van der Waals surface area contributed by atoms with Crippen LogP contribution in [0, 0.1) is 0 Å². The molecule has 0 radical (unpaired) electrons. The zero-order chi connectivity index (χ0) is 8.74. The lowest BCUT2D eigenvalue weighted by Gasteiger charge is -2.06. The van der Waals surface area contributed by atoms with Gasteiger partial charge in [-0.15, -0.1) is 0 Å². The van der Waals surface area contributed by atoms with Crippen LogP contribution in [-0.4, -0.2) is 29.3 Å². The minimum absolute atomic E-state index is 0.667. The van der Waals surface area contributed by atoms with Gasteiger partial charge in [-0.3, -0.25) is 0 Å². The molecule has 0 aliphatic heterocycles. The van der Waals surface area contributed by atoms with Gasteiger partial charge >= 0.3 is 6.80 Å². The highest BCUT2D eigenvalue weighted by molar-refractivity contribution is 8.54. The lowest BCUT2D eigenvalue weighted by molar-refractivity contribution is 0.336. The van der Waals surface area contributed by atoms with Crippen molar-refractivity contribution in [1.29, 1.82) is 0 Å². The fourth-order valence-electron chi connectivity index (χ4n) is 0.409.